The van der Waals surface area contributed by atoms with Crippen LogP contribution in [-0.4, -0.2) is 26.5 Å². The average Bonchev–Trinajstić information content (AvgIpc) is 3.57. The van der Waals surface area contributed by atoms with Gasteiger partial charge in [-0.25, -0.2) is 0 Å². The molecule has 1 saturated carbocycles. The van der Waals surface area contributed by atoms with E-state index in [1.54, 1.807) is 7.11 Å². The fourth-order valence-corrected chi connectivity index (χ4v) is 4.84. The van der Waals surface area contributed by atoms with E-state index < -0.39 is 0 Å². The van der Waals surface area contributed by atoms with Gasteiger partial charge in [0.2, 0.25) is 6.29 Å². The molecule has 1 heterocycles. The first-order chi connectivity index (χ1) is 14.0. The van der Waals surface area contributed by atoms with Crippen LogP contribution in [0.3, 0.4) is 0 Å². The number of methoxy groups -OCH3 is 2. The topological polar surface area (TPSA) is 44.8 Å². The monoisotopic (exact) mass is 458 g/mol. The third-order valence-corrected chi connectivity index (χ3v) is 6.78. The van der Waals surface area contributed by atoms with Gasteiger partial charge in [-0.1, -0.05) is 47.1 Å². The lowest BCUT2D eigenvalue weighted by Gasteiger charge is -2.34. The van der Waals surface area contributed by atoms with Crippen molar-refractivity contribution in [2.75, 3.05) is 14.2 Å². The molecule has 4 atom stereocenters. The van der Waals surface area contributed by atoms with Crippen molar-refractivity contribution >= 4 is 21.9 Å². The number of hydrogen-bond acceptors (Lipinski definition) is 4. The molecule has 0 amide bonds. The molecule has 1 aliphatic carbocycles. The van der Waals surface area contributed by atoms with Gasteiger partial charge < -0.3 is 14.2 Å². The van der Waals surface area contributed by atoms with Gasteiger partial charge in [0, 0.05) is 11.6 Å². The van der Waals surface area contributed by atoms with Gasteiger partial charge in [0.15, 0.2) is 0 Å². The van der Waals surface area contributed by atoms with Crippen LogP contribution in [0.4, 0.5) is 0 Å². The molecular formula is C24H27BrO4. The Morgan fingerprint density at radius 2 is 1.86 bits per heavy atom. The molecular weight excluding hydrogens is 432 g/mol. The fraction of sp³-hybridized carbons (Fsp3) is 0.458. The summed E-state index contributed by atoms with van der Waals surface area (Å²) in [5.41, 5.74) is 3.57. The van der Waals surface area contributed by atoms with E-state index in [2.05, 4.69) is 52.3 Å². The van der Waals surface area contributed by atoms with Crippen LogP contribution in [0.1, 0.15) is 48.3 Å². The smallest absolute Gasteiger partial charge is 0.309 e. The number of carbonyl (C=O) groups excluding carboxylic acids is 1. The average molecular weight is 459 g/mol. The first-order valence-electron chi connectivity index (χ1n) is 10.2. The van der Waals surface area contributed by atoms with Gasteiger partial charge in [0.1, 0.15) is 5.75 Å². The van der Waals surface area contributed by atoms with Crippen LogP contribution in [0.25, 0.3) is 0 Å². The highest BCUT2D eigenvalue weighted by Crippen LogP contribution is 2.48. The molecule has 1 fully saturated rings. The minimum Gasteiger partial charge on any atom is -0.469 e. The zero-order valence-corrected chi connectivity index (χ0v) is 18.6. The Morgan fingerprint density at radius 3 is 2.48 bits per heavy atom. The number of halogens is 1. The quantitative estimate of drug-likeness (QED) is 0.540. The number of rotatable bonds is 6. The van der Waals surface area contributed by atoms with Crippen molar-refractivity contribution in [2.45, 2.75) is 44.3 Å². The third-order valence-electron chi connectivity index (χ3n) is 6.25. The molecule has 2 aromatic carbocycles. The highest BCUT2D eigenvalue weighted by molar-refractivity contribution is 9.10. The highest BCUT2D eigenvalue weighted by Gasteiger charge is 2.40. The molecule has 29 heavy (non-hydrogen) atoms. The summed E-state index contributed by atoms with van der Waals surface area (Å²) in [4.78, 5) is 12.2. The lowest BCUT2D eigenvalue weighted by Crippen LogP contribution is -2.33. The SMILES string of the molecule is COC(=O)[C@@H](C)[C@H](c1ccc2c(c1)CC(c1ccc(Br)cc1)C(OC)O2)C1CC1. The zero-order chi connectivity index (χ0) is 20.5. The second-order valence-electron chi connectivity index (χ2n) is 8.13. The van der Waals surface area contributed by atoms with Crippen molar-refractivity contribution < 1.29 is 19.0 Å². The molecule has 5 heteroatoms. The number of esters is 1. The van der Waals surface area contributed by atoms with Gasteiger partial charge >= 0.3 is 5.97 Å². The van der Waals surface area contributed by atoms with Crippen LogP contribution in [0.2, 0.25) is 0 Å². The molecule has 4 rings (SSSR count). The summed E-state index contributed by atoms with van der Waals surface area (Å²) in [6, 6.07) is 14.7. The van der Waals surface area contributed by atoms with Crippen molar-refractivity contribution in [2.24, 2.45) is 11.8 Å². The Morgan fingerprint density at radius 1 is 1.14 bits per heavy atom. The summed E-state index contributed by atoms with van der Waals surface area (Å²) >= 11 is 3.50. The van der Waals surface area contributed by atoms with Crippen LogP contribution >= 0.6 is 15.9 Å². The molecule has 2 unspecified atom stereocenters. The van der Waals surface area contributed by atoms with E-state index in [-0.39, 0.29) is 30.0 Å². The Bertz CT molecular complexity index is 875. The van der Waals surface area contributed by atoms with E-state index in [9.17, 15) is 4.79 Å². The van der Waals surface area contributed by atoms with E-state index in [4.69, 9.17) is 14.2 Å². The molecule has 0 bridgehead atoms. The molecule has 2 aliphatic rings. The standard InChI is InChI=1S/C24H27BrO4/c1-14(23(26)27-2)22(16-4-5-16)17-8-11-21-18(12-17)13-20(24(28-3)29-21)15-6-9-19(25)10-7-15/h6-12,14,16,20,22,24H,4-5,13H2,1-3H3/t14-,20?,22-,24?/m0/s1. The third kappa shape index (κ3) is 4.22. The van der Waals surface area contributed by atoms with Crippen LogP contribution < -0.4 is 4.74 Å². The van der Waals surface area contributed by atoms with Crippen molar-refractivity contribution in [1.82, 2.24) is 0 Å². The van der Waals surface area contributed by atoms with Gasteiger partial charge in [-0.15, -0.1) is 0 Å². The molecule has 0 radical (unpaired) electrons. The Kier molecular flexibility index (Phi) is 5.98. The number of benzene rings is 2. The van der Waals surface area contributed by atoms with Crippen molar-refractivity contribution in [3.63, 3.8) is 0 Å². The van der Waals surface area contributed by atoms with Gasteiger partial charge in [0.25, 0.3) is 0 Å². The zero-order valence-electron chi connectivity index (χ0n) is 17.1. The molecule has 0 spiro atoms. The van der Waals surface area contributed by atoms with E-state index >= 15 is 0 Å². The number of carbonyl (C=O) groups is 1. The number of hydrogen-bond donors (Lipinski definition) is 0. The van der Waals surface area contributed by atoms with E-state index in [1.807, 2.05) is 13.0 Å². The summed E-state index contributed by atoms with van der Waals surface area (Å²) in [7, 11) is 3.16. The number of fused-ring (bicyclic) bond motifs is 1. The van der Waals surface area contributed by atoms with E-state index in [0.29, 0.717) is 5.92 Å². The summed E-state index contributed by atoms with van der Waals surface area (Å²) < 4.78 is 17.9. The van der Waals surface area contributed by atoms with Crippen molar-refractivity contribution in [3.05, 3.63) is 63.6 Å². The lowest BCUT2D eigenvalue weighted by atomic mass is 9.81. The molecule has 1 aliphatic heterocycles. The van der Waals surface area contributed by atoms with Gasteiger partial charge in [-0.3, -0.25) is 4.79 Å². The molecule has 4 nitrogen and oxygen atoms in total. The predicted octanol–water partition coefficient (Wildman–Crippen LogP) is 5.44. The molecule has 2 aromatic rings. The van der Waals surface area contributed by atoms with Crippen LogP contribution in [0.5, 0.6) is 5.75 Å². The normalized spacial score (nSPS) is 22.9. The molecule has 0 saturated heterocycles. The maximum atomic E-state index is 12.2. The van der Waals surface area contributed by atoms with Crippen molar-refractivity contribution in [3.8, 4) is 5.75 Å². The Labute approximate surface area is 180 Å². The first kappa shape index (κ1) is 20.4. The van der Waals surface area contributed by atoms with Crippen LogP contribution in [-0.2, 0) is 20.7 Å². The second-order valence-corrected chi connectivity index (χ2v) is 9.04. The summed E-state index contributed by atoms with van der Waals surface area (Å²) in [6.07, 6.45) is 2.87. The molecule has 0 aromatic heterocycles. The maximum Gasteiger partial charge on any atom is 0.309 e. The minimum atomic E-state index is -0.317. The summed E-state index contributed by atoms with van der Waals surface area (Å²) in [6.45, 7) is 1.98. The van der Waals surface area contributed by atoms with E-state index in [1.165, 1.54) is 36.6 Å². The van der Waals surface area contributed by atoms with Crippen molar-refractivity contribution in [1.29, 1.82) is 0 Å². The highest BCUT2D eigenvalue weighted by atomic mass is 79.9. The maximum absolute atomic E-state index is 12.2. The lowest BCUT2D eigenvalue weighted by molar-refractivity contribution is -0.145. The summed E-state index contributed by atoms with van der Waals surface area (Å²) in [5.74, 6) is 1.45. The molecule has 154 valence electrons. The van der Waals surface area contributed by atoms with E-state index in [0.717, 1.165) is 16.6 Å². The van der Waals surface area contributed by atoms with Gasteiger partial charge in [-0.05, 0) is 66.0 Å². The largest absolute Gasteiger partial charge is 0.469 e. The predicted molar refractivity (Wildman–Crippen MR) is 115 cm³/mol. The second kappa shape index (κ2) is 8.49. The van der Waals surface area contributed by atoms with Crippen LogP contribution in [0.15, 0.2) is 46.9 Å². The Hall–Kier alpha value is -1.85. The minimum absolute atomic E-state index is 0.119. The van der Waals surface area contributed by atoms with Crippen LogP contribution in [0, 0.1) is 11.8 Å². The first-order valence-corrected chi connectivity index (χ1v) is 11.0. The van der Waals surface area contributed by atoms with Gasteiger partial charge in [-0.2, -0.15) is 0 Å². The van der Waals surface area contributed by atoms with Gasteiger partial charge in [0.05, 0.1) is 18.9 Å². The Balaban J connectivity index is 1.65. The number of ether oxygens (including phenoxy) is 3. The summed E-state index contributed by atoms with van der Waals surface area (Å²) in [5, 5.41) is 0. The fourth-order valence-electron chi connectivity index (χ4n) is 4.58. The molecule has 0 N–H and O–H groups in total.